The number of methoxy groups -OCH3 is 2. The molecule has 0 aromatic heterocycles. The van der Waals surface area contributed by atoms with E-state index in [0.717, 1.165) is 36.2 Å². The number of nitrogens with zero attached hydrogens (tertiary/aromatic N) is 3. The molecule has 2 aromatic rings. The summed E-state index contributed by atoms with van der Waals surface area (Å²) in [4.78, 5) is 10.6. The Morgan fingerprint density at radius 1 is 1.18 bits per heavy atom. The lowest BCUT2D eigenvalue weighted by Gasteiger charge is -2.31. The highest BCUT2D eigenvalue weighted by Gasteiger charge is 2.24. The van der Waals surface area contributed by atoms with E-state index in [1.807, 2.05) is 29.3 Å². The number of hydrazone groups is 1. The monoisotopic (exact) mass is 383 g/mol. The highest BCUT2D eigenvalue weighted by atomic mass is 16.6. The summed E-state index contributed by atoms with van der Waals surface area (Å²) in [5.74, 6) is 1.72. The van der Waals surface area contributed by atoms with E-state index < -0.39 is 0 Å². The number of hydrogen-bond acceptors (Lipinski definition) is 6. The quantitative estimate of drug-likeness (QED) is 0.528. The zero-order valence-corrected chi connectivity index (χ0v) is 16.4. The van der Waals surface area contributed by atoms with E-state index in [9.17, 15) is 10.1 Å². The molecule has 148 valence electrons. The van der Waals surface area contributed by atoms with Crippen LogP contribution in [0.25, 0.3) is 0 Å². The number of rotatable bonds is 7. The van der Waals surface area contributed by atoms with Crippen molar-refractivity contribution >= 4 is 11.4 Å². The zero-order valence-electron chi connectivity index (χ0n) is 16.4. The summed E-state index contributed by atoms with van der Waals surface area (Å²) in [6.07, 6.45) is 1.98. The summed E-state index contributed by atoms with van der Waals surface area (Å²) in [5.41, 5.74) is 3.00. The first kappa shape index (κ1) is 19.7. The van der Waals surface area contributed by atoms with Crippen molar-refractivity contribution in [2.24, 2.45) is 11.0 Å². The third-order valence-corrected chi connectivity index (χ3v) is 5.03. The summed E-state index contributed by atoms with van der Waals surface area (Å²) in [6, 6.07) is 12.6. The molecule has 1 aliphatic heterocycles. The molecule has 1 aliphatic rings. The topological polar surface area (TPSA) is 77.2 Å². The average Bonchev–Trinajstić information content (AvgIpc) is 2.73. The Bertz CT molecular complexity index is 882. The molecule has 0 saturated heterocycles. The fourth-order valence-corrected chi connectivity index (χ4v) is 3.51. The zero-order chi connectivity index (χ0) is 20.1. The second-order valence-electron chi connectivity index (χ2n) is 6.76. The van der Waals surface area contributed by atoms with Crippen LogP contribution in [0.3, 0.4) is 0 Å². The molecule has 7 nitrogen and oxygen atoms in total. The van der Waals surface area contributed by atoms with Gasteiger partial charge in [-0.3, -0.25) is 15.1 Å². The molecule has 28 heavy (non-hydrogen) atoms. The van der Waals surface area contributed by atoms with Gasteiger partial charge in [0.1, 0.15) is 0 Å². The Labute approximate surface area is 164 Å². The minimum Gasteiger partial charge on any atom is -0.493 e. The van der Waals surface area contributed by atoms with Gasteiger partial charge < -0.3 is 9.47 Å². The summed E-state index contributed by atoms with van der Waals surface area (Å²) in [6.45, 7) is 3.52. The highest BCUT2D eigenvalue weighted by Crippen LogP contribution is 2.31. The average molecular weight is 383 g/mol. The predicted octanol–water partition coefficient (Wildman–Crippen LogP) is 4.25. The lowest BCUT2D eigenvalue weighted by atomic mass is 9.90. The molecule has 2 aromatic carbocycles. The summed E-state index contributed by atoms with van der Waals surface area (Å²) in [5, 5.41) is 17.9. The van der Waals surface area contributed by atoms with E-state index in [1.54, 1.807) is 26.4 Å². The molecule has 0 bridgehead atoms. The van der Waals surface area contributed by atoms with E-state index in [1.165, 1.54) is 6.07 Å². The van der Waals surface area contributed by atoms with Gasteiger partial charge in [0.15, 0.2) is 11.5 Å². The van der Waals surface area contributed by atoms with Gasteiger partial charge >= 0.3 is 0 Å². The fraction of sp³-hybridized carbons (Fsp3) is 0.381. The third kappa shape index (κ3) is 4.24. The van der Waals surface area contributed by atoms with Crippen LogP contribution in [0.5, 0.6) is 11.5 Å². The number of nitro groups is 1. The molecule has 1 heterocycles. The minimum absolute atomic E-state index is 0.102. The molecule has 0 fully saturated rings. The number of ether oxygens (including phenoxy) is 2. The SMILES string of the molecule is CCC1CCN(Cc2cccc([N+](=O)[O-])c2)N=C1c1ccc(OC)c(OC)c1. The molecule has 1 unspecified atom stereocenters. The van der Waals surface area contributed by atoms with Crippen molar-refractivity contribution in [3.05, 3.63) is 63.7 Å². The van der Waals surface area contributed by atoms with E-state index in [-0.39, 0.29) is 10.6 Å². The van der Waals surface area contributed by atoms with Gasteiger partial charge in [0.2, 0.25) is 0 Å². The fourth-order valence-electron chi connectivity index (χ4n) is 3.51. The van der Waals surface area contributed by atoms with Gasteiger partial charge in [-0.15, -0.1) is 0 Å². The van der Waals surface area contributed by atoms with Crippen molar-refractivity contribution in [3.63, 3.8) is 0 Å². The van der Waals surface area contributed by atoms with Crippen molar-refractivity contribution in [1.29, 1.82) is 0 Å². The Balaban J connectivity index is 1.89. The number of hydrogen-bond donors (Lipinski definition) is 0. The van der Waals surface area contributed by atoms with Gasteiger partial charge in [-0.1, -0.05) is 19.1 Å². The van der Waals surface area contributed by atoms with Crippen LogP contribution in [-0.4, -0.2) is 36.4 Å². The van der Waals surface area contributed by atoms with E-state index in [4.69, 9.17) is 14.6 Å². The summed E-state index contributed by atoms with van der Waals surface area (Å²) in [7, 11) is 3.24. The molecule has 0 amide bonds. The van der Waals surface area contributed by atoms with E-state index in [2.05, 4.69) is 6.92 Å². The minimum atomic E-state index is -0.370. The van der Waals surface area contributed by atoms with Crippen LogP contribution >= 0.6 is 0 Å². The van der Waals surface area contributed by atoms with Crippen LogP contribution in [-0.2, 0) is 6.54 Å². The Hall–Kier alpha value is -3.09. The van der Waals surface area contributed by atoms with Crippen LogP contribution in [0, 0.1) is 16.0 Å². The van der Waals surface area contributed by atoms with E-state index in [0.29, 0.717) is 24.0 Å². The van der Waals surface area contributed by atoms with E-state index >= 15 is 0 Å². The molecule has 7 heteroatoms. The Morgan fingerprint density at radius 3 is 2.64 bits per heavy atom. The lowest BCUT2D eigenvalue weighted by Crippen LogP contribution is -2.32. The van der Waals surface area contributed by atoms with Gasteiger partial charge in [-0.25, -0.2) is 0 Å². The number of benzene rings is 2. The van der Waals surface area contributed by atoms with Crippen LogP contribution in [0.2, 0.25) is 0 Å². The first-order valence-corrected chi connectivity index (χ1v) is 9.34. The van der Waals surface area contributed by atoms with Gasteiger partial charge in [0.25, 0.3) is 5.69 Å². The molecule has 0 radical (unpaired) electrons. The van der Waals surface area contributed by atoms with Crippen molar-refractivity contribution < 1.29 is 14.4 Å². The first-order valence-electron chi connectivity index (χ1n) is 9.34. The maximum Gasteiger partial charge on any atom is 0.269 e. The third-order valence-electron chi connectivity index (χ3n) is 5.03. The van der Waals surface area contributed by atoms with Crippen molar-refractivity contribution in [2.75, 3.05) is 20.8 Å². The molecule has 0 aliphatic carbocycles. The molecular weight excluding hydrogens is 358 g/mol. The highest BCUT2D eigenvalue weighted by molar-refractivity contribution is 6.02. The Kier molecular flexibility index (Phi) is 6.13. The van der Waals surface area contributed by atoms with Crippen LogP contribution < -0.4 is 9.47 Å². The number of non-ortho nitro benzene ring substituents is 1. The molecule has 1 atom stereocenters. The molecular formula is C21H25N3O4. The second-order valence-corrected chi connectivity index (χ2v) is 6.76. The largest absolute Gasteiger partial charge is 0.493 e. The molecule has 0 saturated carbocycles. The lowest BCUT2D eigenvalue weighted by molar-refractivity contribution is -0.384. The van der Waals surface area contributed by atoms with Crippen molar-refractivity contribution in [1.82, 2.24) is 5.01 Å². The van der Waals surface area contributed by atoms with Crippen molar-refractivity contribution in [2.45, 2.75) is 26.3 Å². The Morgan fingerprint density at radius 2 is 1.96 bits per heavy atom. The van der Waals surface area contributed by atoms with Gasteiger partial charge in [-0.2, -0.15) is 5.10 Å². The van der Waals surface area contributed by atoms with Gasteiger partial charge in [0.05, 0.1) is 31.4 Å². The maximum atomic E-state index is 11.0. The predicted molar refractivity (Wildman–Crippen MR) is 108 cm³/mol. The smallest absolute Gasteiger partial charge is 0.269 e. The second kappa shape index (κ2) is 8.73. The maximum absolute atomic E-state index is 11.0. The molecule has 0 N–H and O–H groups in total. The first-order chi connectivity index (χ1) is 13.5. The van der Waals surface area contributed by atoms with Crippen LogP contribution in [0.4, 0.5) is 5.69 Å². The molecule has 3 rings (SSSR count). The number of nitro benzene ring substituents is 1. The van der Waals surface area contributed by atoms with Gasteiger partial charge in [0, 0.05) is 30.2 Å². The molecule has 0 spiro atoms. The van der Waals surface area contributed by atoms with Crippen molar-refractivity contribution in [3.8, 4) is 11.5 Å². The summed E-state index contributed by atoms with van der Waals surface area (Å²) < 4.78 is 10.8. The van der Waals surface area contributed by atoms with Gasteiger partial charge in [-0.05, 0) is 36.6 Å². The normalized spacial score (nSPS) is 16.5. The standard InChI is InChI=1S/C21H25N3O4/c1-4-16-10-11-23(14-15-6-5-7-18(12-15)24(25)26)22-21(16)17-8-9-19(27-2)20(13-17)28-3/h5-9,12-13,16H,4,10-11,14H2,1-3H3. The van der Waals surface area contributed by atoms with Crippen LogP contribution in [0.1, 0.15) is 30.9 Å². The summed E-state index contributed by atoms with van der Waals surface area (Å²) >= 11 is 0. The van der Waals surface area contributed by atoms with Crippen LogP contribution in [0.15, 0.2) is 47.6 Å².